The second kappa shape index (κ2) is 8.74. The fourth-order valence-electron chi connectivity index (χ4n) is 3.00. The van der Waals surface area contributed by atoms with Crippen LogP contribution in [-0.4, -0.2) is 21.4 Å². The smallest absolute Gasteiger partial charge is 0.265 e. The monoisotopic (exact) mass is 578 g/mol. The number of carbonyl (C=O) groups is 1. The van der Waals surface area contributed by atoms with E-state index in [1.54, 1.807) is 42.5 Å². The lowest BCUT2D eigenvalue weighted by Crippen LogP contribution is -2.26. The number of benzene rings is 3. The molecule has 3 aromatic carbocycles. The van der Waals surface area contributed by atoms with Crippen molar-refractivity contribution in [2.24, 2.45) is 0 Å². The van der Waals surface area contributed by atoms with E-state index >= 15 is 0 Å². The van der Waals surface area contributed by atoms with Crippen LogP contribution in [0.5, 0.6) is 0 Å². The van der Waals surface area contributed by atoms with Crippen LogP contribution in [0.4, 0.5) is 11.4 Å². The molecule has 0 radical (unpaired) electrons. The standard InChI is InChI=1S/C22H16Br2N2O3S2/c1-26(31(28,29)19-8-5-15(23)6-9-19)18-7-10-20-14(11-18)12-21(30-20)22(27)25-17-4-2-3-16(24)13-17/h2-13H,1H3,(H,25,27). The summed E-state index contributed by atoms with van der Waals surface area (Å²) < 4.78 is 29.8. The lowest BCUT2D eigenvalue weighted by molar-refractivity contribution is 0.103. The fourth-order valence-corrected chi connectivity index (χ4v) is 5.79. The molecule has 0 fully saturated rings. The van der Waals surface area contributed by atoms with Gasteiger partial charge in [-0.25, -0.2) is 8.42 Å². The maximum absolute atomic E-state index is 13.0. The van der Waals surface area contributed by atoms with Gasteiger partial charge in [0.15, 0.2) is 0 Å². The molecule has 9 heteroatoms. The Morgan fingerprint density at radius 3 is 2.39 bits per heavy atom. The minimum atomic E-state index is -3.70. The third-order valence-electron chi connectivity index (χ3n) is 4.64. The van der Waals surface area contributed by atoms with Gasteiger partial charge in [-0.2, -0.15) is 0 Å². The normalized spacial score (nSPS) is 11.5. The van der Waals surface area contributed by atoms with Gasteiger partial charge < -0.3 is 5.32 Å². The first-order chi connectivity index (χ1) is 14.7. The lowest BCUT2D eigenvalue weighted by atomic mass is 10.2. The molecular formula is C22H16Br2N2O3S2. The molecule has 1 heterocycles. The third-order valence-corrected chi connectivity index (χ3v) is 8.58. The van der Waals surface area contributed by atoms with E-state index in [1.807, 2.05) is 30.3 Å². The van der Waals surface area contributed by atoms with Crippen LogP contribution in [0.2, 0.25) is 0 Å². The molecule has 1 amide bonds. The average Bonchev–Trinajstić information content (AvgIpc) is 3.17. The Labute approximate surface area is 201 Å². The van der Waals surface area contributed by atoms with Crippen LogP contribution < -0.4 is 9.62 Å². The number of nitrogens with one attached hydrogen (secondary N) is 1. The number of halogens is 2. The summed E-state index contributed by atoms with van der Waals surface area (Å²) in [7, 11) is -2.18. The number of carbonyl (C=O) groups excluding carboxylic acids is 1. The number of fused-ring (bicyclic) bond motifs is 1. The summed E-state index contributed by atoms with van der Waals surface area (Å²) >= 11 is 8.06. The molecule has 0 saturated carbocycles. The van der Waals surface area contributed by atoms with E-state index in [0.717, 1.165) is 19.0 Å². The quantitative estimate of drug-likeness (QED) is 0.293. The highest BCUT2D eigenvalue weighted by Crippen LogP contribution is 2.32. The largest absolute Gasteiger partial charge is 0.321 e. The Kier molecular flexibility index (Phi) is 6.20. The molecule has 1 N–H and O–H groups in total. The van der Waals surface area contributed by atoms with Crippen LogP contribution in [0.25, 0.3) is 10.1 Å². The van der Waals surface area contributed by atoms with Gasteiger partial charge in [0.1, 0.15) is 0 Å². The van der Waals surface area contributed by atoms with Crippen molar-refractivity contribution < 1.29 is 13.2 Å². The third kappa shape index (κ3) is 4.69. The van der Waals surface area contributed by atoms with E-state index in [0.29, 0.717) is 16.3 Å². The minimum absolute atomic E-state index is 0.206. The van der Waals surface area contributed by atoms with Crippen LogP contribution in [0, 0.1) is 0 Å². The lowest BCUT2D eigenvalue weighted by Gasteiger charge is -2.19. The topological polar surface area (TPSA) is 66.5 Å². The van der Waals surface area contributed by atoms with Gasteiger partial charge in [0.05, 0.1) is 15.5 Å². The molecule has 0 aliphatic heterocycles. The number of hydrogen-bond donors (Lipinski definition) is 1. The van der Waals surface area contributed by atoms with Crippen LogP contribution in [0.15, 0.2) is 86.6 Å². The van der Waals surface area contributed by atoms with E-state index in [4.69, 9.17) is 0 Å². The molecule has 0 unspecified atom stereocenters. The van der Waals surface area contributed by atoms with Crippen molar-refractivity contribution in [2.45, 2.75) is 4.90 Å². The number of rotatable bonds is 5. The second-order valence-corrected chi connectivity index (χ2v) is 11.6. The number of thiophene rings is 1. The molecule has 0 spiro atoms. The zero-order chi connectivity index (χ0) is 22.2. The number of hydrogen-bond acceptors (Lipinski definition) is 4. The maximum Gasteiger partial charge on any atom is 0.265 e. The number of nitrogens with zero attached hydrogens (tertiary/aromatic N) is 1. The first-order valence-corrected chi connectivity index (χ1v) is 12.9. The summed E-state index contributed by atoms with van der Waals surface area (Å²) in [5.41, 5.74) is 1.21. The molecule has 0 aliphatic carbocycles. The van der Waals surface area contributed by atoms with Gasteiger partial charge in [-0.15, -0.1) is 11.3 Å². The fraction of sp³-hybridized carbons (Fsp3) is 0.0455. The molecular weight excluding hydrogens is 564 g/mol. The van der Waals surface area contributed by atoms with E-state index in [2.05, 4.69) is 37.2 Å². The van der Waals surface area contributed by atoms with Crippen molar-refractivity contribution in [3.63, 3.8) is 0 Å². The number of sulfonamides is 1. The summed E-state index contributed by atoms with van der Waals surface area (Å²) in [6.45, 7) is 0. The molecule has 0 bridgehead atoms. The van der Waals surface area contributed by atoms with Crippen LogP contribution >= 0.6 is 43.2 Å². The maximum atomic E-state index is 13.0. The van der Waals surface area contributed by atoms with Gasteiger partial charge in [0, 0.05) is 26.4 Å². The van der Waals surface area contributed by atoms with Crippen molar-refractivity contribution in [1.82, 2.24) is 0 Å². The average molecular weight is 580 g/mol. The molecule has 0 atom stereocenters. The molecule has 4 aromatic rings. The Morgan fingerprint density at radius 2 is 1.68 bits per heavy atom. The number of amides is 1. The van der Waals surface area contributed by atoms with E-state index in [1.165, 1.54) is 22.7 Å². The Balaban J connectivity index is 1.61. The van der Waals surface area contributed by atoms with E-state index in [-0.39, 0.29) is 10.8 Å². The van der Waals surface area contributed by atoms with Crippen LogP contribution in [-0.2, 0) is 10.0 Å². The van der Waals surface area contributed by atoms with E-state index in [9.17, 15) is 13.2 Å². The molecule has 0 saturated heterocycles. The van der Waals surface area contributed by atoms with Gasteiger partial charge in [0.2, 0.25) is 0 Å². The van der Waals surface area contributed by atoms with Gasteiger partial charge in [-0.1, -0.05) is 37.9 Å². The van der Waals surface area contributed by atoms with Crippen molar-refractivity contribution >= 4 is 80.6 Å². The molecule has 0 aliphatic rings. The van der Waals surface area contributed by atoms with E-state index < -0.39 is 10.0 Å². The number of anilines is 2. The van der Waals surface area contributed by atoms with Gasteiger partial charge in [-0.3, -0.25) is 9.10 Å². The van der Waals surface area contributed by atoms with Crippen LogP contribution in [0.3, 0.4) is 0 Å². The molecule has 5 nitrogen and oxygen atoms in total. The molecule has 1 aromatic heterocycles. The highest BCUT2D eigenvalue weighted by Gasteiger charge is 2.22. The highest BCUT2D eigenvalue weighted by atomic mass is 79.9. The zero-order valence-corrected chi connectivity index (χ0v) is 21.0. The summed E-state index contributed by atoms with van der Waals surface area (Å²) in [5, 5.41) is 3.68. The second-order valence-electron chi connectivity index (χ2n) is 6.72. The van der Waals surface area contributed by atoms with Crippen LogP contribution in [0.1, 0.15) is 9.67 Å². The summed E-state index contributed by atoms with van der Waals surface area (Å²) in [6, 6.07) is 21.0. The van der Waals surface area contributed by atoms with Crippen molar-refractivity contribution in [2.75, 3.05) is 16.7 Å². The highest BCUT2D eigenvalue weighted by molar-refractivity contribution is 9.10. The minimum Gasteiger partial charge on any atom is -0.321 e. The van der Waals surface area contributed by atoms with Crippen molar-refractivity contribution in [3.05, 3.63) is 86.6 Å². The van der Waals surface area contributed by atoms with Crippen molar-refractivity contribution in [1.29, 1.82) is 0 Å². The molecule has 31 heavy (non-hydrogen) atoms. The summed E-state index contributed by atoms with van der Waals surface area (Å²) in [6.07, 6.45) is 0. The zero-order valence-electron chi connectivity index (χ0n) is 16.2. The first kappa shape index (κ1) is 22.0. The molecule has 158 valence electrons. The molecule has 4 rings (SSSR count). The Bertz CT molecular complexity index is 1380. The first-order valence-electron chi connectivity index (χ1n) is 9.09. The van der Waals surface area contributed by atoms with Gasteiger partial charge in [-0.05, 0) is 72.1 Å². The SMILES string of the molecule is CN(c1ccc2sc(C(=O)Nc3cccc(Br)c3)cc2c1)S(=O)(=O)c1ccc(Br)cc1. The van der Waals surface area contributed by atoms with Crippen molar-refractivity contribution in [3.8, 4) is 0 Å². The predicted molar refractivity (Wildman–Crippen MR) is 134 cm³/mol. The summed E-state index contributed by atoms with van der Waals surface area (Å²) in [5.74, 6) is -0.211. The van der Waals surface area contributed by atoms with Gasteiger partial charge >= 0.3 is 0 Å². The Morgan fingerprint density at radius 1 is 0.935 bits per heavy atom. The summed E-state index contributed by atoms with van der Waals surface area (Å²) in [4.78, 5) is 13.4. The predicted octanol–water partition coefficient (Wildman–Crippen LogP) is 6.50. The Hall–Kier alpha value is -2.20. The van der Waals surface area contributed by atoms with Gasteiger partial charge in [0.25, 0.3) is 15.9 Å².